The Labute approximate surface area is 153 Å². The lowest BCUT2D eigenvalue weighted by Crippen LogP contribution is -2.29. The first-order chi connectivity index (χ1) is 12.5. The molecule has 0 unspecified atom stereocenters. The fraction of sp³-hybridized carbons (Fsp3) is 0.111. The molecule has 0 spiro atoms. The third-order valence-electron chi connectivity index (χ3n) is 3.66. The molecule has 26 heavy (non-hydrogen) atoms. The van der Waals surface area contributed by atoms with E-state index >= 15 is 0 Å². The fourth-order valence-corrected chi connectivity index (χ4v) is 2.52. The predicted octanol–water partition coefficient (Wildman–Crippen LogP) is 3.36. The van der Waals surface area contributed by atoms with Crippen LogP contribution in [0.3, 0.4) is 0 Å². The monoisotopic (exact) mass is 369 g/mol. The lowest BCUT2D eigenvalue weighted by Gasteiger charge is -2.11. The first-order valence-corrected chi connectivity index (χ1v) is 8.02. The van der Waals surface area contributed by atoms with Gasteiger partial charge in [-0.05, 0) is 37.3 Å². The van der Waals surface area contributed by atoms with Crippen molar-refractivity contribution in [2.45, 2.75) is 13.0 Å². The lowest BCUT2D eigenvalue weighted by atomic mass is 10.1. The van der Waals surface area contributed by atoms with Crippen molar-refractivity contribution in [3.8, 4) is 11.8 Å². The summed E-state index contributed by atoms with van der Waals surface area (Å²) in [6, 6.07) is 13.4. The molecular weight excluding hydrogens is 357 g/mol. The van der Waals surface area contributed by atoms with Gasteiger partial charge in [0.2, 0.25) is 5.82 Å². The van der Waals surface area contributed by atoms with E-state index in [1.165, 1.54) is 22.9 Å². The van der Waals surface area contributed by atoms with Crippen LogP contribution in [-0.4, -0.2) is 20.7 Å². The molecule has 0 saturated carbocycles. The maximum Gasteiger partial charge on any atom is 0.292 e. The number of amides is 1. The summed E-state index contributed by atoms with van der Waals surface area (Å²) >= 11 is 5.87. The van der Waals surface area contributed by atoms with E-state index in [2.05, 4.69) is 15.4 Å². The van der Waals surface area contributed by atoms with Crippen LogP contribution >= 0.6 is 11.6 Å². The number of benzene rings is 2. The summed E-state index contributed by atoms with van der Waals surface area (Å²) in [6.45, 7) is 1.69. The van der Waals surface area contributed by atoms with Gasteiger partial charge in [0.05, 0.1) is 11.8 Å². The van der Waals surface area contributed by atoms with Crippen LogP contribution in [0, 0.1) is 24.1 Å². The number of carbonyl (C=O) groups excluding carboxylic acids is 1. The van der Waals surface area contributed by atoms with Gasteiger partial charge >= 0.3 is 0 Å². The van der Waals surface area contributed by atoms with Gasteiger partial charge in [-0.2, -0.15) is 5.26 Å². The van der Waals surface area contributed by atoms with Crippen LogP contribution in [0.15, 0.2) is 48.5 Å². The minimum atomic E-state index is -1.15. The second kappa shape index (κ2) is 7.33. The van der Waals surface area contributed by atoms with Gasteiger partial charge in [0.1, 0.15) is 17.7 Å². The van der Waals surface area contributed by atoms with Crippen molar-refractivity contribution < 1.29 is 9.18 Å². The second-order valence-electron chi connectivity index (χ2n) is 5.43. The van der Waals surface area contributed by atoms with Gasteiger partial charge < -0.3 is 5.32 Å². The number of hydrogen-bond acceptors (Lipinski definition) is 4. The highest BCUT2D eigenvalue weighted by molar-refractivity contribution is 6.30. The van der Waals surface area contributed by atoms with Gasteiger partial charge in [0, 0.05) is 10.6 Å². The molecule has 0 aliphatic rings. The zero-order valence-electron chi connectivity index (χ0n) is 13.6. The third-order valence-corrected chi connectivity index (χ3v) is 3.92. The third kappa shape index (κ3) is 3.55. The molecule has 8 heteroatoms. The number of carbonyl (C=O) groups is 1. The SMILES string of the molecule is Cc1nc(C(=O)N[C@H](C#N)c2ccccc2F)nn1-c1ccc(Cl)cc1. The van der Waals surface area contributed by atoms with Crippen molar-refractivity contribution >= 4 is 17.5 Å². The molecule has 1 amide bonds. The molecule has 0 fully saturated rings. The van der Waals surface area contributed by atoms with Crippen molar-refractivity contribution in [3.63, 3.8) is 0 Å². The Balaban J connectivity index is 1.84. The average Bonchev–Trinajstić information content (AvgIpc) is 3.03. The van der Waals surface area contributed by atoms with E-state index in [0.717, 1.165) is 0 Å². The number of nitrogens with zero attached hydrogens (tertiary/aromatic N) is 4. The number of halogens is 2. The summed E-state index contributed by atoms with van der Waals surface area (Å²) in [5, 5.41) is 16.5. The van der Waals surface area contributed by atoms with E-state index < -0.39 is 17.8 Å². The minimum absolute atomic E-state index is 0.0807. The molecular formula is C18H13ClFN5O. The minimum Gasteiger partial charge on any atom is -0.330 e. The molecule has 1 heterocycles. The Morgan fingerprint density at radius 2 is 1.96 bits per heavy atom. The first-order valence-electron chi connectivity index (χ1n) is 7.64. The molecule has 0 saturated heterocycles. The van der Waals surface area contributed by atoms with E-state index in [9.17, 15) is 14.4 Å². The van der Waals surface area contributed by atoms with E-state index in [0.29, 0.717) is 16.5 Å². The van der Waals surface area contributed by atoms with Gasteiger partial charge in [-0.15, -0.1) is 5.10 Å². The molecule has 1 atom stereocenters. The molecule has 0 aliphatic heterocycles. The normalized spacial score (nSPS) is 11.6. The maximum atomic E-state index is 13.9. The topological polar surface area (TPSA) is 83.6 Å². The highest BCUT2D eigenvalue weighted by atomic mass is 35.5. The Kier molecular flexibility index (Phi) is 4.96. The molecule has 1 N–H and O–H groups in total. The van der Waals surface area contributed by atoms with Gasteiger partial charge in [0.15, 0.2) is 0 Å². The first kappa shape index (κ1) is 17.6. The molecule has 1 aromatic heterocycles. The zero-order chi connectivity index (χ0) is 18.7. The molecule has 3 aromatic rings. The van der Waals surface area contributed by atoms with E-state index in [1.807, 2.05) is 6.07 Å². The van der Waals surface area contributed by atoms with Crippen LogP contribution in [0.2, 0.25) is 5.02 Å². The molecule has 2 aromatic carbocycles. The van der Waals surface area contributed by atoms with Crippen LogP contribution in [0.5, 0.6) is 0 Å². The number of aryl methyl sites for hydroxylation is 1. The fourth-order valence-electron chi connectivity index (χ4n) is 2.40. The summed E-state index contributed by atoms with van der Waals surface area (Å²) in [5.74, 6) is -0.878. The number of rotatable bonds is 4. The number of nitrogens with one attached hydrogen (secondary N) is 1. The van der Waals surface area contributed by atoms with Gasteiger partial charge in [-0.1, -0.05) is 29.8 Å². The highest BCUT2D eigenvalue weighted by Gasteiger charge is 2.21. The van der Waals surface area contributed by atoms with E-state index in [4.69, 9.17) is 11.6 Å². The van der Waals surface area contributed by atoms with Crippen LogP contribution < -0.4 is 5.32 Å². The smallest absolute Gasteiger partial charge is 0.292 e. The van der Waals surface area contributed by atoms with E-state index in [-0.39, 0.29) is 11.4 Å². The van der Waals surface area contributed by atoms with Crippen molar-refractivity contribution in [1.82, 2.24) is 20.1 Å². The van der Waals surface area contributed by atoms with Crippen molar-refractivity contribution in [2.24, 2.45) is 0 Å². The Morgan fingerprint density at radius 1 is 1.27 bits per heavy atom. The number of aromatic nitrogens is 3. The molecule has 0 bridgehead atoms. The van der Waals surface area contributed by atoms with Crippen LogP contribution in [-0.2, 0) is 0 Å². The Bertz CT molecular complexity index is 994. The van der Waals surface area contributed by atoms with E-state index in [1.54, 1.807) is 37.3 Å². The molecule has 3 rings (SSSR count). The largest absolute Gasteiger partial charge is 0.330 e. The van der Waals surface area contributed by atoms with Crippen LogP contribution in [0.25, 0.3) is 5.69 Å². The summed E-state index contributed by atoms with van der Waals surface area (Å²) in [5.41, 5.74) is 0.765. The molecule has 0 radical (unpaired) electrons. The van der Waals surface area contributed by atoms with Crippen molar-refractivity contribution in [3.05, 3.63) is 76.6 Å². The second-order valence-corrected chi connectivity index (χ2v) is 5.86. The molecule has 6 nitrogen and oxygen atoms in total. The van der Waals surface area contributed by atoms with Gasteiger partial charge in [-0.3, -0.25) is 4.79 Å². The standard InChI is InChI=1S/C18H13ClFN5O/c1-11-22-17(24-25(11)13-8-6-12(19)7-9-13)18(26)23-16(10-21)14-4-2-3-5-15(14)20/h2-9,16H,1H3,(H,23,26)/t16-/m1/s1. The zero-order valence-corrected chi connectivity index (χ0v) is 14.4. The summed E-state index contributed by atoms with van der Waals surface area (Å²) in [6.07, 6.45) is 0. The summed E-state index contributed by atoms with van der Waals surface area (Å²) in [4.78, 5) is 16.5. The average molecular weight is 370 g/mol. The summed E-state index contributed by atoms with van der Waals surface area (Å²) < 4.78 is 15.3. The van der Waals surface area contributed by atoms with Crippen LogP contribution in [0.4, 0.5) is 4.39 Å². The van der Waals surface area contributed by atoms with Crippen molar-refractivity contribution in [1.29, 1.82) is 5.26 Å². The highest BCUT2D eigenvalue weighted by Crippen LogP contribution is 2.17. The summed E-state index contributed by atoms with van der Waals surface area (Å²) in [7, 11) is 0. The van der Waals surface area contributed by atoms with Gasteiger partial charge in [-0.25, -0.2) is 14.1 Å². The predicted molar refractivity (Wildman–Crippen MR) is 93.3 cm³/mol. The maximum absolute atomic E-state index is 13.9. The quantitative estimate of drug-likeness (QED) is 0.764. The molecule has 130 valence electrons. The number of hydrogen-bond donors (Lipinski definition) is 1. The van der Waals surface area contributed by atoms with Crippen molar-refractivity contribution in [2.75, 3.05) is 0 Å². The number of nitriles is 1. The Hall–Kier alpha value is -3.24. The van der Waals surface area contributed by atoms with Crippen LogP contribution in [0.1, 0.15) is 28.0 Å². The van der Waals surface area contributed by atoms with Gasteiger partial charge in [0.25, 0.3) is 5.91 Å². The Morgan fingerprint density at radius 3 is 2.62 bits per heavy atom. The molecule has 0 aliphatic carbocycles. The lowest BCUT2D eigenvalue weighted by molar-refractivity contribution is 0.0934.